The zero-order chi connectivity index (χ0) is 43.0. The molecule has 0 rings (SSSR count). The predicted molar refractivity (Wildman–Crippen MR) is 252 cm³/mol. The molecule has 0 aromatic heterocycles. The van der Waals surface area contributed by atoms with E-state index >= 15 is 0 Å². The molecule has 0 spiro atoms. The lowest BCUT2D eigenvalue weighted by Gasteiger charge is -2.18. The van der Waals surface area contributed by atoms with E-state index in [0.717, 1.165) is 57.8 Å². The van der Waals surface area contributed by atoms with Crippen LogP contribution in [0.15, 0.2) is 0 Å². The minimum absolute atomic E-state index is 0.0625. The predicted octanol–water partition coefficient (Wildman–Crippen LogP) is 17.2. The van der Waals surface area contributed by atoms with Gasteiger partial charge < -0.3 is 14.2 Å². The second-order valence-corrected chi connectivity index (χ2v) is 18.2. The molecule has 0 fully saturated rings. The monoisotopic (exact) mass is 835 g/mol. The van der Waals surface area contributed by atoms with Crippen molar-refractivity contribution in [2.24, 2.45) is 0 Å². The van der Waals surface area contributed by atoms with Gasteiger partial charge in [0.2, 0.25) is 0 Å². The van der Waals surface area contributed by atoms with Gasteiger partial charge in [-0.1, -0.05) is 265 Å². The molecule has 0 bridgehead atoms. The molecule has 350 valence electrons. The quantitative estimate of drug-likeness (QED) is 0.0345. The number of rotatable bonds is 49. The van der Waals surface area contributed by atoms with E-state index in [0.29, 0.717) is 19.3 Å². The molecular formula is C53H102O6. The first-order chi connectivity index (χ1) is 29.0. The largest absolute Gasteiger partial charge is 0.462 e. The minimum atomic E-state index is -0.758. The summed E-state index contributed by atoms with van der Waals surface area (Å²) in [5, 5.41) is 0. The van der Waals surface area contributed by atoms with Gasteiger partial charge >= 0.3 is 17.9 Å². The van der Waals surface area contributed by atoms with Gasteiger partial charge in [0.05, 0.1) is 0 Å². The van der Waals surface area contributed by atoms with Gasteiger partial charge in [-0.2, -0.15) is 0 Å². The third-order valence-electron chi connectivity index (χ3n) is 12.1. The molecule has 6 nitrogen and oxygen atoms in total. The fraction of sp³-hybridized carbons (Fsp3) is 0.943. The topological polar surface area (TPSA) is 78.9 Å². The molecule has 0 aromatic rings. The first-order valence-electron chi connectivity index (χ1n) is 26.5. The first-order valence-corrected chi connectivity index (χ1v) is 26.5. The van der Waals surface area contributed by atoms with E-state index < -0.39 is 6.10 Å². The SMILES string of the molecule is CCCCCCCCCCCCCCCCCCCCCC(=O)OCC(COC(=O)CCCCCCCC)OC(=O)CCCCCCCCCCCCCCCCCC. The highest BCUT2D eigenvalue weighted by molar-refractivity contribution is 5.71. The zero-order valence-electron chi connectivity index (χ0n) is 40.1. The van der Waals surface area contributed by atoms with Crippen molar-refractivity contribution in [3.8, 4) is 0 Å². The molecule has 0 aliphatic rings. The summed E-state index contributed by atoms with van der Waals surface area (Å²) in [6.07, 6.45) is 52.6. The second kappa shape index (κ2) is 49.1. The number of ether oxygens (including phenoxy) is 3. The van der Waals surface area contributed by atoms with Crippen molar-refractivity contribution < 1.29 is 28.6 Å². The molecule has 0 heterocycles. The zero-order valence-corrected chi connectivity index (χ0v) is 40.1. The van der Waals surface area contributed by atoms with Gasteiger partial charge in [0.25, 0.3) is 0 Å². The molecule has 0 aliphatic carbocycles. The molecule has 0 N–H and O–H groups in total. The van der Waals surface area contributed by atoms with E-state index in [-0.39, 0.29) is 31.1 Å². The normalized spacial score (nSPS) is 11.8. The smallest absolute Gasteiger partial charge is 0.306 e. The van der Waals surface area contributed by atoms with Gasteiger partial charge in [-0.25, -0.2) is 0 Å². The van der Waals surface area contributed by atoms with Crippen LogP contribution in [0.5, 0.6) is 0 Å². The molecule has 59 heavy (non-hydrogen) atoms. The third-order valence-corrected chi connectivity index (χ3v) is 12.1. The fourth-order valence-electron chi connectivity index (χ4n) is 8.09. The Hall–Kier alpha value is -1.59. The lowest BCUT2D eigenvalue weighted by Crippen LogP contribution is -2.30. The molecule has 1 atom stereocenters. The molecule has 0 aromatic carbocycles. The van der Waals surface area contributed by atoms with Gasteiger partial charge in [0.1, 0.15) is 13.2 Å². The Kier molecular flexibility index (Phi) is 47.7. The van der Waals surface area contributed by atoms with Crippen LogP contribution in [0.2, 0.25) is 0 Å². The van der Waals surface area contributed by atoms with Crippen LogP contribution in [-0.4, -0.2) is 37.2 Å². The molecule has 0 aliphatic heterocycles. The molecule has 1 unspecified atom stereocenters. The van der Waals surface area contributed by atoms with Crippen molar-refractivity contribution in [2.75, 3.05) is 13.2 Å². The maximum atomic E-state index is 12.7. The summed E-state index contributed by atoms with van der Waals surface area (Å²) in [6, 6.07) is 0. The van der Waals surface area contributed by atoms with E-state index in [9.17, 15) is 14.4 Å². The van der Waals surface area contributed by atoms with Crippen LogP contribution in [0.3, 0.4) is 0 Å². The Morgan fingerprint density at radius 3 is 0.678 bits per heavy atom. The molecule has 6 heteroatoms. The summed E-state index contributed by atoms with van der Waals surface area (Å²) in [6.45, 7) is 6.63. The average Bonchev–Trinajstić information content (AvgIpc) is 3.23. The lowest BCUT2D eigenvalue weighted by atomic mass is 10.0. The molecule has 0 saturated carbocycles. The molecule has 0 radical (unpaired) electrons. The van der Waals surface area contributed by atoms with E-state index in [1.807, 2.05) is 0 Å². The van der Waals surface area contributed by atoms with Crippen molar-refractivity contribution in [1.29, 1.82) is 0 Å². The summed E-state index contributed by atoms with van der Waals surface area (Å²) in [4.78, 5) is 37.7. The van der Waals surface area contributed by atoms with Gasteiger partial charge in [0.15, 0.2) is 6.10 Å². The maximum absolute atomic E-state index is 12.7. The first kappa shape index (κ1) is 57.4. The van der Waals surface area contributed by atoms with Crippen LogP contribution in [0.1, 0.15) is 303 Å². The summed E-state index contributed by atoms with van der Waals surface area (Å²) in [7, 11) is 0. The van der Waals surface area contributed by atoms with Crippen molar-refractivity contribution >= 4 is 17.9 Å². The second-order valence-electron chi connectivity index (χ2n) is 18.2. The Morgan fingerprint density at radius 1 is 0.271 bits per heavy atom. The van der Waals surface area contributed by atoms with Gasteiger partial charge in [0, 0.05) is 19.3 Å². The maximum Gasteiger partial charge on any atom is 0.306 e. The number of carbonyl (C=O) groups is 3. The van der Waals surface area contributed by atoms with Gasteiger partial charge in [-0.05, 0) is 19.3 Å². The van der Waals surface area contributed by atoms with Crippen molar-refractivity contribution in [3.05, 3.63) is 0 Å². The lowest BCUT2D eigenvalue weighted by molar-refractivity contribution is -0.167. The summed E-state index contributed by atoms with van der Waals surface area (Å²) >= 11 is 0. The van der Waals surface area contributed by atoms with Crippen LogP contribution >= 0.6 is 0 Å². The highest BCUT2D eigenvalue weighted by atomic mass is 16.6. The average molecular weight is 835 g/mol. The van der Waals surface area contributed by atoms with Crippen LogP contribution < -0.4 is 0 Å². The Bertz CT molecular complexity index is 874. The van der Waals surface area contributed by atoms with Crippen molar-refractivity contribution in [2.45, 2.75) is 309 Å². The highest BCUT2D eigenvalue weighted by Crippen LogP contribution is 2.17. The third kappa shape index (κ3) is 47.3. The Labute approximate surface area is 368 Å². The molecule has 0 saturated heterocycles. The number of esters is 3. The fourth-order valence-corrected chi connectivity index (χ4v) is 8.09. The number of hydrogen-bond donors (Lipinski definition) is 0. The van der Waals surface area contributed by atoms with Gasteiger partial charge in [-0.15, -0.1) is 0 Å². The molecule has 0 amide bonds. The van der Waals surface area contributed by atoms with Gasteiger partial charge in [-0.3, -0.25) is 14.4 Å². The minimum Gasteiger partial charge on any atom is -0.462 e. The Morgan fingerprint density at radius 2 is 0.458 bits per heavy atom. The van der Waals surface area contributed by atoms with Crippen molar-refractivity contribution in [1.82, 2.24) is 0 Å². The van der Waals surface area contributed by atoms with Crippen LogP contribution in [0, 0.1) is 0 Å². The van der Waals surface area contributed by atoms with Crippen LogP contribution in [0.25, 0.3) is 0 Å². The van der Waals surface area contributed by atoms with Crippen molar-refractivity contribution in [3.63, 3.8) is 0 Å². The standard InChI is InChI=1S/C53H102O6/c1-4-7-10-13-16-18-20-22-24-26-27-28-30-31-33-35-37-40-43-46-52(55)58-49-50(48-57-51(54)45-42-39-15-12-9-6-3)59-53(56)47-44-41-38-36-34-32-29-25-23-21-19-17-14-11-8-5-2/h50H,4-49H2,1-3H3. The summed E-state index contributed by atoms with van der Waals surface area (Å²) < 4.78 is 16.7. The Balaban J connectivity index is 4.12. The summed E-state index contributed by atoms with van der Waals surface area (Å²) in [5.74, 6) is -0.851. The number of unbranched alkanes of at least 4 members (excludes halogenated alkanes) is 38. The summed E-state index contributed by atoms with van der Waals surface area (Å²) in [5.41, 5.74) is 0. The number of carbonyl (C=O) groups excluding carboxylic acids is 3. The van der Waals surface area contributed by atoms with E-state index in [4.69, 9.17) is 14.2 Å². The number of hydrogen-bond acceptors (Lipinski definition) is 6. The van der Waals surface area contributed by atoms with E-state index in [1.54, 1.807) is 0 Å². The van der Waals surface area contributed by atoms with Crippen LogP contribution in [-0.2, 0) is 28.6 Å². The van der Waals surface area contributed by atoms with E-state index in [2.05, 4.69) is 20.8 Å². The highest BCUT2D eigenvalue weighted by Gasteiger charge is 2.19. The van der Waals surface area contributed by atoms with E-state index in [1.165, 1.54) is 205 Å². The molecular weight excluding hydrogens is 733 g/mol. The van der Waals surface area contributed by atoms with Crippen LogP contribution in [0.4, 0.5) is 0 Å².